The molecule has 0 atom stereocenters. The van der Waals surface area contributed by atoms with E-state index < -0.39 is 5.76 Å². The van der Waals surface area contributed by atoms with Crippen LogP contribution in [0.2, 0.25) is 0 Å². The maximum Gasteiger partial charge on any atom is 0.434 e. The first kappa shape index (κ1) is 16.3. The van der Waals surface area contributed by atoms with Crippen LogP contribution >= 0.6 is 11.3 Å². The molecular weight excluding hydrogens is 362 g/mol. The molecule has 4 heterocycles. The zero-order valence-corrected chi connectivity index (χ0v) is 15.3. The van der Waals surface area contributed by atoms with Gasteiger partial charge in [-0.2, -0.15) is 0 Å². The molecule has 5 rings (SSSR count). The number of hydrogen-bond donors (Lipinski definition) is 1. The van der Waals surface area contributed by atoms with Gasteiger partial charge in [0.15, 0.2) is 0 Å². The van der Waals surface area contributed by atoms with E-state index in [1.54, 1.807) is 11.3 Å². The minimum atomic E-state index is -0.565. The number of aromatic amines is 1. The smallest absolute Gasteiger partial charge is 0.386 e. The summed E-state index contributed by atoms with van der Waals surface area (Å²) in [5.74, 6) is -0.328. The molecule has 136 valence electrons. The van der Waals surface area contributed by atoms with E-state index >= 15 is 0 Å². The highest BCUT2D eigenvalue weighted by Gasteiger charge is 2.17. The number of pyridine rings is 1. The zero-order valence-electron chi connectivity index (χ0n) is 14.5. The Balaban J connectivity index is 1.33. The highest BCUT2D eigenvalue weighted by atomic mass is 32.1. The third-order valence-electron chi connectivity index (χ3n) is 4.89. The molecule has 0 spiro atoms. The number of nitrogens with one attached hydrogen (secondary N) is 1. The van der Waals surface area contributed by atoms with E-state index in [0.29, 0.717) is 5.69 Å². The van der Waals surface area contributed by atoms with Gasteiger partial charge in [0.05, 0.1) is 15.7 Å². The van der Waals surface area contributed by atoms with Crippen LogP contribution in [0.1, 0.15) is 16.8 Å². The van der Waals surface area contributed by atoms with Crippen molar-refractivity contribution in [1.29, 1.82) is 0 Å². The lowest BCUT2D eigenvalue weighted by molar-refractivity contribution is 0.279. The quantitative estimate of drug-likeness (QED) is 0.589. The lowest BCUT2D eigenvalue weighted by atomic mass is 10.1. The van der Waals surface area contributed by atoms with Crippen molar-refractivity contribution < 1.29 is 4.42 Å². The standard InChI is InChI=1S/C19H17N5O2S/c25-19-23-22-18(26-19)15-3-2-13-5-7-24(8-6-14(13)21-15)10-12-1-4-17-16(9-12)20-11-27-17/h1-4,9,11H,5-8,10H2,(H,23,25). The number of benzene rings is 1. The number of hydrogen-bond acceptors (Lipinski definition) is 7. The molecule has 0 bridgehead atoms. The molecule has 1 aliphatic heterocycles. The second-order valence-corrected chi connectivity index (χ2v) is 7.54. The Kier molecular flexibility index (Phi) is 4.06. The molecule has 0 saturated heterocycles. The van der Waals surface area contributed by atoms with Gasteiger partial charge in [-0.1, -0.05) is 12.1 Å². The van der Waals surface area contributed by atoms with Crippen molar-refractivity contribution in [3.8, 4) is 11.6 Å². The molecule has 7 nitrogen and oxygen atoms in total. The Morgan fingerprint density at radius 1 is 1.19 bits per heavy atom. The van der Waals surface area contributed by atoms with Gasteiger partial charge in [0.25, 0.3) is 5.89 Å². The van der Waals surface area contributed by atoms with Gasteiger partial charge in [0.2, 0.25) is 0 Å². The van der Waals surface area contributed by atoms with Crippen molar-refractivity contribution >= 4 is 21.6 Å². The molecule has 0 aliphatic carbocycles. The topological polar surface area (TPSA) is 87.9 Å². The minimum Gasteiger partial charge on any atom is -0.386 e. The Bertz CT molecular complexity index is 1160. The first-order valence-electron chi connectivity index (χ1n) is 8.84. The lowest BCUT2D eigenvalue weighted by Gasteiger charge is -2.19. The average molecular weight is 379 g/mol. The molecule has 0 amide bonds. The molecule has 1 N–H and O–H groups in total. The van der Waals surface area contributed by atoms with Crippen LogP contribution in [0.25, 0.3) is 21.8 Å². The van der Waals surface area contributed by atoms with Gasteiger partial charge >= 0.3 is 5.76 Å². The van der Waals surface area contributed by atoms with E-state index in [0.717, 1.165) is 43.7 Å². The van der Waals surface area contributed by atoms with Gasteiger partial charge in [-0.3, -0.25) is 4.90 Å². The number of H-pyrrole nitrogens is 1. The predicted octanol–water partition coefficient (Wildman–Crippen LogP) is 2.64. The molecule has 27 heavy (non-hydrogen) atoms. The van der Waals surface area contributed by atoms with E-state index in [4.69, 9.17) is 4.42 Å². The Hall–Kier alpha value is -2.84. The van der Waals surface area contributed by atoms with Gasteiger partial charge in [-0.25, -0.2) is 19.9 Å². The SMILES string of the molecule is O=c1[nH]nc(-c2ccc3c(n2)CCN(Cc2ccc4scnc4c2)CC3)o1. The fourth-order valence-corrected chi connectivity index (χ4v) is 4.16. The third-order valence-corrected chi connectivity index (χ3v) is 5.70. The van der Waals surface area contributed by atoms with Gasteiger partial charge in [0.1, 0.15) is 5.69 Å². The van der Waals surface area contributed by atoms with Crippen molar-refractivity contribution in [3.63, 3.8) is 0 Å². The summed E-state index contributed by atoms with van der Waals surface area (Å²) in [6.07, 6.45) is 1.81. The fourth-order valence-electron chi connectivity index (χ4n) is 3.51. The van der Waals surface area contributed by atoms with E-state index in [1.165, 1.54) is 15.8 Å². The summed E-state index contributed by atoms with van der Waals surface area (Å²) in [6, 6.07) is 10.5. The molecule has 0 radical (unpaired) electrons. The van der Waals surface area contributed by atoms with Crippen LogP contribution in [0.3, 0.4) is 0 Å². The third kappa shape index (κ3) is 3.29. The Labute approximate surface area is 158 Å². The summed E-state index contributed by atoms with van der Waals surface area (Å²) in [7, 11) is 0. The second-order valence-electron chi connectivity index (χ2n) is 6.65. The van der Waals surface area contributed by atoms with Gasteiger partial charge in [-0.05, 0) is 35.7 Å². The van der Waals surface area contributed by atoms with Crippen LogP contribution in [0.4, 0.5) is 0 Å². The normalized spacial score (nSPS) is 15.0. The average Bonchev–Trinajstić information content (AvgIpc) is 3.27. The Morgan fingerprint density at radius 3 is 3.00 bits per heavy atom. The van der Waals surface area contributed by atoms with Crippen molar-refractivity contribution in [3.05, 3.63) is 63.2 Å². The van der Waals surface area contributed by atoms with Crippen molar-refractivity contribution in [2.24, 2.45) is 0 Å². The molecule has 1 aromatic carbocycles. The number of rotatable bonds is 3. The van der Waals surface area contributed by atoms with E-state index in [1.807, 2.05) is 11.6 Å². The summed E-state index contributed by atoms with van der Waals surface area (Å²) < 4.78 is 6.25. The van der Waals surface area contributed by atoms with Gasteiger partial charge in [0, 0.05) is 31.7 Å². The molecule has 0 unspecified atom stereocenters. The van der Waals surface area contributed by atoms with Gasteiger partial charge < -0.3 is 4.42 Å². The molecule has 4 aromatic rings. The number of thiazole rings is 1. The molecule has 1 aliphatic rings. The Morgan fingerprint density at radius 2 is 2.11 bits per heavy atom. The van der Waals surface area contributed by atoms with E-state index in [9.17, 15) is 4.79 Å². The summed E-state index contributed by atoms with van der Waals surface area (Å²) in [6.45, 7) is 2.83. The molecule has 0 fully saturated rings. The highest BCUT2D eigenvalue weighted by molar-refractivity contribution is 7.16. The summed E-state index contributed by atoms with van der Waals surface area (Å²) in [5.41, 5.74) is 7.13. The fraction of sp³-hybridized carbons (Fsp3) is 0.263. The van der Waals surface area contributed by atoms with E-state index in [-0.39, 0.29) is 5.89 Å². The molecular formula is C19H17N5O2S. The molecule has 0 saturated carbocycles. The van der Waals surface area contributed by atoms with Crippen LogP contribution < -0.4 is 5.76 Å². The first-order chi connectivity index (χ1) is 13.2. The molecule has 3 aromatic heterocycles. The number of nitrogens with zero attached hydrogens (tertiary/aromatic N) is 4. The number of fused-ring (bicyclic) bond motifs is 2. The summed E-state index contributed by atoms with van der Waals surface area (Å²) in [5, 5.41) is 6.15. The number of aromatic nitrogens is 4. The van der Waals surface area contributed by atoms with Crippen molar-refractivity contribution in [1.82, 2.24) is 25.1 Å². The van der Waals surface area contributed by atoms with Crippen LogP contribution in [-0.4, -0.2) is 38.2 Å². The van der Waals surface area contributed by atoms with Crippen LogP contribution in [-0.2, 0) is 19.4 Å². The minimum absolute atomic E-state index is 0.237. The van der Waals surface area contributed by atoms with E-state index in [2.05, 4.69) is 49.3 Å². The highest BCUT2D eigenvalue weighted by Crippen LogP contribution is 2.22. The molecule has 8 heteroatoms. The van der Waals surface area contributed by atoms with Crippen molar-refractivity contribution in [2.45, 2.75) is 19.4 Å². The van der Waals surface area contributed by atoms with Crippen molar-refractivity contribution in [2.75, 3.05) is 13.1 Å². The predicted molar refractivity (Wildman–Crippen MR) is 103 cm³/mol. The lowest BCUT2D eigenvalue weighted by Crippen LogP contribution is -2.25. The van der Waals surface area contributed by atoms with Gasteiger partial charge in [-0.15, -0.1) is 16.4 Å². The van der Waals surface area contributed by atoms with Crippen LogP contribution in [0.5, 0.6) is 0 Å². The first-order valence-corrected chi connectivity index (χ1v) is 9.72. The van der Waals surface area contributed by atoms with Crippen LogP contribution in [0, 0.1) is 0 Å². The summed E-state index contributed by atoms with van der Waals surface area (Å²) in [4.78, 5) is 22.7. The second kappa shape index (κ2) is 6.71. The maximum absolute atomic E-state index is 11.2. The summed E-state index contributed by atoms with van der Waals surface area (Å²) >= 11 is 1.67. The monoisotopic (exact) mass is 379 g/mol. The zero-order chi connectivity index (χ0) is 18.2. The largest absolute Gasteiger partial charge is 0.434 e. The van der Waals surface area contributed by atoms with Crippen LogP contribution in [0.15, 0.2) is 45.1 Å². The maximum atomic E-state index is 11.2.